The van der Waals surface area contributed by atoms with Crippen molar-refractivity contribution in [1.29, 1.82) is 0 Å². The van der Waals surface area contributed by atoms with E-state index in [-0.39, 0.29) is 0 Å². The predicted octanol–water partition coefficient (Wildman–Crippen LogP) is 2.46. The van der Waals surface area contributed by atoms with Crippen molar-refractivity contribution in [2.24, 2.45) is 11.8 Å². The van der Waals surface area contributed by atoms with Crippen LogP contribution in [0.2, 0.25) is 0 Å². The molecule has 0 N–H and O–H groups in total. The van der Waals surface area contributed by atoms with E-state index in [1.54, 1.807) is 8.61 Å². The fraction of sp³-hybridized carbons (Fsp3) is 1.00. The molecule has 112 valence electrons. The highest BCUT2D eigenvalue weighted by Crippen LogP contribution is 2.28. The molecule has 2 aliphatic rings. The molecule has 2 saturated heterocycles. The SMILES string of the molecule is CC1CCN(S(=O)(=O)N2CCC(C(C)Br)CC2)CC1. The van der Waals surface area contributed by atoms with Crippen LogP contribution in [0.1, 0.15) is 39.5 Å². The minimum absolute atomic E-state index is 0.480. The highest BCUT2D eigenvalue weighted by Gasteiger charge is 2.35. The number of halogens is 1. The van der Waals surface area contributed by atoms with E-state index in [1.165, 1.54) is 0 Å². The van der Waals surface area contributed by atoms with Crippen molar-refractivity contribution >= 4 is 26.1 Å². The first kappa shape index (κ1) is 15.7. The van der Waals surface area contributed by atoms with Crippen molar-refractivity contribution in [3.8, 4) is 0 Å². The zero-order valence-corrected chi connectivity index (χ0v) is 14.3. The van der Waals surface area contributed by atoms with Gasteiger partial charge in [-0.1, -0.05) is 29.8 Å². The Balaban J connectivity index is 1.94. The molecule has 0 amide bonds. The van der Waals surface area contributed by atoms with Crippen molar-refractivity contribution in [2.45, 2.75) is 44.4 Å². The Morgan fingerprint density at radius 3 is 1.84 bits per heavy atom. The quantitative estimate of drug-likeness (QED) is 0.732. The van der Waals surface area contributed by atoms with Crippen molar-refractivity contribution in [3.05, 3.63) is 0 Å². The van der Waals surface area contributed by atoms with Gasteiger partial charge in [0.2, 0.25) is 0 Å². The maximum atomic E-state index is 12.6. The molecule has 4 nitrogen and oxygen atoms in total. The summed E-state index contributed by atoms with van der Waals surface area (Å²) in [5.74, 6) is 1.26. The molecule has 6 heteroatoms. The smallest absolute Gasteiger partial charge is 0.195 e. The molecule has 19 heavy (non-hydrogen) atoms. The number of hydrogen-bond donors (Lipinski definition) is 0. The van der Waals surface area contributed by atoms with Crippen LogP contribution < -0.4 is 0 Å². The summed E-state index contributed by atoms with van der Waals surface area (Å²) in [7, 11) is -3.21. The van der Waals surface area contributed by atoms with Gasteiger partial charge in [0, 0.05) is 31.0 Å². The van der Waals surface area contributed by atoms with Crippen molar-refractivity contribution in [3.63, 3.8) is 0 Å². The molecular formula is C13H25BrN2O2S. The lowest BCUT2D eigenvalue weighted by Crippen LogP contribution is -2.49. The van der Waals surface area contributed by atoms with Gasteiger partial charge >= 0.3 is 0 Å². The van der Waals surface area contributed by atoms with Crippen LogP contribution in [0.4, 0.5) is 0 Å². The molecule has 0 radical (unpaired) electrons. The molecule has 2 aliphatic heterocycles. The fourth-order valence-corrected chi connectivity index (χ4v) is 5.14. The molecule has 0 saturated carbocycles. The number of piperidine rings is 2. The van der Waals surface area contributed by atoms with Crippen molar-refractivity contribution < 1.29 is 8.42 Å². The zero-order valence-electron chi connectivity index (χ0n) is 11.9. The van der Waals surface area contributed by atoms with Crippen LogP contribution >= 0.6 is 15.9 Å². The Hall–Kier alpha value is 0.350. The van der Waals surface area contributed by atoms with E-state index >= 15 is 0 Å². The topological polar surface area (TPSA) is 40.6 Å². The van der Waals surface area contributed by atoms with E-state index < -0.39 is 10.2 Å². The Morgan fingerprint density at radius 2 is 1.42 bits per heavy atom. The van der Waals surface area contributed by atoms with E-state index in [0.29, 0.717) is 42.8 Å². The van der Waals surface area contributed by atoms with Gasteiger partial charge in [0.05, 0.1) is 0 Å². The average Bonchev–Trinajstić information content (AvgIpc) is 2.39. The third-order valence-corrected chi connectivity index (χ3v) is 7.33. The average molecular weight is 353 g/mol. The first-order valence-electron chi connectivity index (χ1n) is 7.30. The largest absolute Gasteiger partial charge is 0.281 e. The Bertz CT molecular complexity index is 383. The van der Waals surface area contributed by atoms with E-state index in [4.69, 9.17) is 0 Å². The first-order chi connectivity index (χ1) is 8.91. The third kappa shape index (κ3) is 3.71. The molecule has 2 rings (SSSR count). The Kier molecular flexibility index (Phi) is 5.31. The normalized spacial score (nSPS) is 27.5. The summed E-state index contributed by atoms with van der Waals surface area (Å²) in [4.78, 5) is 0.480. The van der Waals surface area contributed by atoms with Crippen LogP contribution in [-0.4, -0.2) is 48.0 Å². The molecule has 2 fully saturated rings. The number of alkyl halides is 1. The summed E-state index contributed by atoms with van der Waals surface area (Å²) < 4.78 is 28.5. The lowest BCUT2D eigenvalue weighted by Gasteiger charge is -2.37. The first-order valence-corrected chi connectivity index (χ1v) is 9.62. The maximum absolute atomic E-state index is 12.6. The lowest BCUT2D eigenvalue weighted by atomic mass is 9.96. The van der Waals surface area contributed by atoms with Gasteiger partial charge in [-0.2, -0.15) is 17.0 Å². The molecule has 0 aliphatic carbocycles. The molecule has 0 spiro atoms. The van der Waals surface area contributed by atoms with Crippen LogP contribution in [0, 0.1) is 11.8 Å². The summed E-state index contributed by atoms with van der Waals surface area (Å²) in [6.07, 6.45) is 3.92. The van der Waals surface area contributed by atoms with Crippen LogP contribution in [0.5, 0.6) is 0 Å². The van der Waals surface area contributed by atoms with E-state index in [2.05, 4.69) is 29.8 Å². The summed E-state index contributed by atoms with van der Waals surface area (Å²) in [5, 5.41) is 0. The molecule has 0 aromatic heterocycles. The minimum atomic E-state index is -3.21. The Morgan fingerprint density at radius 1 is 1.00 bits per heavy atom. The molecule has 2 heterocycles. The fourth-order valence-electron chi connectivity index (χ4n) is 2.94. The van der Waals surface area contributed by atoms with Crippen LogP contribution in [0.15, 0.2) is 0 Å². The molecule has 0 bridgehead atoms. The van der Waals surface area contributed by atoms with Gasteiger partial charge in [-0.05, 0) is 37.5 Å². The summed E-state index contributed by atoms with van der Waals surface area (Å²) in [5.41, 5.74) is 0. The monoisotopic (exact) mass is 352 g/mol. The maximum Gasteiger partial charge on any atom is 0.281 e. The second-order valence-corrected chi connectivity index (χ2v) is 9.38. The van der Waals surface area contributed by atoms with Crippen LogP contribution in [0.3, 0.4) is 0 Å². The summed E-state index contributed by atoms with van der Waals surface area (Å²) >= 11 is 3.61. The second kappa shape index (κ2) is 6.41. The van der Waals surface area contributed by atoms with E-state index in [0.717, 1.165) is 25.7 Å². The standard InChI is InChI=1S/C13H25BrN2O2S/c1-11-3-7-15(8-4-11)19(17,18)16-9-5-13(6-10-16)12(2)14/h11-13H,3-10H2,1-2H3. The predicted molar refractivity (Wildman–Crippen MR) is 81.6 cm³/mol. The second-order valence-electron chi connectivity index (χ2n) is 6.00. The molecular weight excluding hydrogens is 328 g/mol. The van der Waals surface area contributed by atoms with Crippen molar-refractivity contribution in [2.75, 3.05) is 26.2 Å². The van der Waals surface area contributed by atoms with Gasteiger partial charge in [0.25, 0.3) is 10.2 Å². The van der Waals surface area contributed by atoms with E-state index in [9.17, 15) is 8.42 Å². The van der Waals surface area contributed by atoms with Crippen LogP contribution in [-0.2, 0) is 10.2 Å². The van der Waals surface area contributed by atoms with Gasteiger partial charge in [0.15, 0.2) is 0 Å². The molecule has 0 aromatic carbocycles. The van der Waals surface area contributed by atoms with Gasteiger partial charge in [-0.15, -0.1) is 0 Å². The number of hydrogen-bond acceptors (Lipinski definition) is 2. The molecule has 1 atom stereocenters. The summed E-state index contributed by atoms with van der Waals surface area (Å²) in [6.45, 7) is 7.09. The zero-order chi connectivity index (χ0) is 14.0. The highest BCUT2D eigenvalue weighted by molar-refractivity contribution is 9.09. The Labute approximate surface area is 125 Å². The molecule has 0 aromatic rings. The highest BCUT2D eigenvalue weighted by atomic mass is 79.9. The number of rotatable bonds is 3. The van der Waals surface area contributed by atoms with Gasteiger partial charge < -0.3 is 0 Å². The third-order valence-electron chi connectivity index (χ3n) is 4.54. The van der Waals surface area contributed by atoms with Crippen molar-refractivity contribution in [1.82, 2.24) is 8.61 Å². The van der Waals surface area contributed by atoms with E-state index in [1.807, 2.05) is 0 Å². The molecule has 1 unspecified atom stereocenters. The number of nitrogens with zero attached hydrogens (tertiary/aromatic N) is 2. The summed E-state index contributed by atoms with van der Waals surface area (Å²) in [6, 6.07) is 0. The van der Waals surface area contributed by atoms with Gasteiger partial charge in [-0.3, -0.25) is 0 Å². The van der Waals surface area contributed by atoms with Gasteiger partial charge in [0.1, 0.15) is 0 Å². The minimum Gasteiger partial charge on any atom is -0.195 e. The van der Waals surface area contributed by atoms with Crippen LogP contribution in [0.25, 0.3) is 0 Å². The van der Waals surface area contributed by atoms with Gasteiger partial charge in [-0.25, -0.2) is 0 Å². The lowest BCUT2D eigenvalue weighted by molar-refractivity contribution is 0.232.